The number of nitrogens with one attached hydrogen (secondary N) is 2. The van der Waals surface area contributed by atoms with E-state index in [0.29, 0.717) is 12.2 Å². The van der Waals surface area contributed by atoms with Crippen molar-refractivity contribution in [3.05, 3.63) is 71.9 Å². The second-order valence-corrected chi connectivity index (χ2v) is 8.03. The van der Waals surface area contributed by atoms with E-state index >= 15 is 0 Å². The Labute approximate surface area is 187 Å². The molecule has 0 radical (unpaired) electrons. The third-order valence-electron chi connectivity index (χ3n) is 5.65. The summed E-state index contributed by atoms with van der Waals surface area (Å²) in [4.78, 5) is 12.9. The van der Waals surface area contributed by atoms with Gasteiger partial charge in [-0.05, 0) is 48.7 Å². The minimum Gasteiger partial charge on any atom is -0.462 e. The molecule has 0 aliphatic heterocycles. The molecule has 3 aromatic carbocycles. The van der Waals surface area contributed by atoms with E-state index in [-0.39, 0.29) is 24.5 Å². The van der Waals surface area contributed by atoms with E-state index in [1.807, 2.05) is 18.2 Å². The van der Waals surface area contributed by atoms with Crippen molar-refractivity contribution in [3.8, 4) is 11.1 Å². The van der Waals surface area contributed by atoms with E-state index in [1.165, 1.54) is 10.8 Å². The predicted octanol–water partition coefficient (Wildman–Crippen LogP) is 5.20. The Morgan fingerprint density at radius 3 is 2.56 bits per heavy atom. The number of carbonyl (C=O) groups excluding carboxylic acids is 1. The zero-order valence-corrected chi connectivity index (χ0v) is 18.6. The number of ether oxygens (including phenoxy) is 1. The summed E-state index contributed by atoms with van der Waals surface area (Å²) in [5.41, 5.74) is 10.0. The molecule has 0 saturated carbocycles. The Bertz CT molecular complexity index is 1320. The van der Waals surface area contributed by atoms with Gasteiger partial charge in [0, 0.05) is 11.4 Å². The van der Waals surface area contributed by atoms with E-state index in [1.54, 1.807) is 6.92 Å². The second-order valence-electron chi connectivity index (χ2n) is 8.03. The molecule has 1 aromatic heterocycles. The van der Waals surface area contributed by atoms with Gasteiger partial charge in [-0.3, -0.25) is 5.41 Å². The lowest BCUT2D eigenvalue weighted by Gasteiger charge is -2.16. The number of carbonyl (C=O) groups is 1. The molecule has 4 N–H and O–H groups in total. The fourth-order valence-corrected chi connectivity index (χ4v) is 4.38. The zero-order chi connectivity index (χ0) is 22.8. The van der Waals surface area contributed by atoms with Crippen molar-refractivity contribution in [1.82, 2.24) is 9.88 Å². The quantitative estimate of drug-likeness (QED) is 0.223. The van der Waals surface area contributed by atoms with Gasteiger partial charge in [0.1, 0.15) is 0 Å². The number of nitrogens with two attached hydrogens (primary N) is 1. The standard InChI is InChI=1S/C26H28N4O2/c1-4-32-25(31)24-21-13-12-18(20-11-7-9-17-8-5-6-10-19(17)20)14-22(21)30(16(2)3)23(24)15-29-26(27)28/h5-14,16H,4,15H2,1-3H3,(H4,27,28,29). The van der Waals surface area contributed by atoms with Crippen molar-refractivity contribution in [2.45, 2.75) is 33.4 Å². The molecule has 0 saturated heterocycles. The molecule has 0 unspecified atom stereocenters. The molecule has 0 spiro atoms. The fourth-order valence-electron chi connectivity index (χ4n) is 4.38. The lowest BCUT2D eigenvalue weighted by atomic mass is 9.97. The summed E-state index contributed by atoms with van der Waals surface area (Å²) in [6.45, 7) is 6.51. The van der Waals surface area contributed by atoms with Crippen LogP contribution in [0.4, 0.5) is 0 Å². The molecule has 0 aliphatic carbocycles. The molecule has 1 heterocycles. The van der Waals surface area contributed by atoms with Crippen LogP contribution < -0.4 is 11.1 Å². The fraction of sp³-hybridized carbons (Fsp3) is 0.231. The summed E-state index contributed by atoms with van der Waals surface area (Å²) in [5, 5.41) is 13.6. The van der Waals surface area contributed by atoms with Gasteiger partial charge in [0.25, 0.3) is 0 Å². The third kappa shape index (κ3) is 3.80. The van der Waals surface area contributed by atoms with Crippen LogP contribution in [0, 0.1) is 5.41 Å². The normalized spacial score (nSPS) is 11.2. The van der Waals surface area contributed by atoms with Crippen LogP contribution in [-0.4, -0.2) is 23.1 Å². The number of benzene rings is 3. The van der Waals surface area contributed by atoms with Crippen LogP contribution in [0.5, 0.6) is 0 Å². The largest absolute Gasteiger partial charge is 0.462 e. The Hall–Kier alpha value is -3.80. The van der Waals surface area contributed by atoms with E-state index < -0.39 is 0 Å². The topological polar surface area (TPSA) is 93.1 Å². The maximum atomic E-state index is 12.9. The van der Waals surface area contributed by atoms with Crippen LogP contribution in [-0.2, 0) is 11.3 Å². The third-order valence-corrected chi connectivity index (χ3v) is 5.65. The number of rotatable bonds is 6. The van der Waals surface area contributed by atoms with Crippen molar-refractivity contribution < 1.29 is 9.53 Å². The summed E-state index contributed by atoms with van der Waals surface area (Å²) in [5.74, 6) is -0.507. The SMILES string of the molecule is CCOC(=O)c1c(CNC(=N)N)n(C(C)C)c2cc(-c3cccc4ccccc34)ccc12. The minimum absolute atomic E-state index is 0.0900. The second kappa shape index (κ2) is 8.75. The number of hydrogen-bond donors (Lipinski definition) is 3. The Morgan fingerprint density at radius 1 is 1.09 bits per heavy atom. The molecule has 0 amide bonds. The van der Waals surface area contributed by atoms with E-state index in [0.717, 1.165) is 27.7 Å². The molecule has 32 heavy (non-hydrogen) atoms. The number of guanidine groups is 1. The molecule has 0 fully saturated rings. The average Bonchev–Trinajstić information content (AvgIpc) is 3.11. The number of fused-ring (bicyclic) bond motifs is 2. The lowest BCUT2D eigenvalue weighted by Crippen LogP contribution is -2.31. The minimum atomic E-state index is -0.366. The highest BCUT2D eigenvalue weighted by Crippen LogP contribution is 2.35. The van der Waals surface area contributed by atoms with Gasteiger partial charge in [-0.25, -0.2) is 4.79 Å². The maximum absolute atomic E-state index is 12.9. The molecular formula is C26H28N4O2. The average molecular weight is 429 g/mol. The first-order chi connectivity index (χ1) is 15.4. The van der Waals surface area contributed by atoms with Crippen molar-refractivity contribution in [3.63, 3.8) is 0 Å². The van der Waals surface area contributed by atoms with Gasteiger partial charge in [-0.1, -0.05) is 54.6 Å². The summed E-state index contributed by atoms with van der Waals surface area (Å²) in [6.07, 6.45) is 0. The highest BCUT2D eigenvalue weighted by molar-refractivity contribution is 6.08. The molecular weight excluding hydrogens is 400 g/mol. The van der Waals surface area contributed by atoms with E-state index in [2.05, 4.69) is 66.2 Å². The first kappa shape index (κ1) is 21.4. The van der Waals surface area contributed by atoms with Crippen LogP contribution in [0.2, 0.25) is 0 Å². The molecule has 0 bridgehead atoms. The van der Waals surface area contributed by atoms with Crippen LogP contribution in [0.25, 0.3) is 32.8 Å². The molecule has 4 aromatic rings. The van der Waals surface area contributed by atoms with Gasteiger partial charge in [0.15, 0.2) is 5.96 Å². The van der Waals surface area contributed by atoms with Gasteiger partial charge < -0.3 is 20.4 Å². The summed E-state index contributed by atoms with van der Waals surface area (Å²) in [6, 6.07) is 20.9. The van der Waals surface area contributed by atoms with Crippen LogP contribution in [0.1, 0.15) is 42.9 Å². The smallest absolute Gasteiger partial charge is 0.340 e. The molecule has 0 atom stereocenters. The first-order valence-electron chi connectivity index (χ1n) is 10.8. The van der Waals surface area contributed by atoms with Gasteiger partial charge in [-0.2, -0.15) is 0 Å². The van der Waals surface area contributed by atoms with Gasteiger partial charge in [0.2, 0.25) is 0 Å². The van der Waals surface area contributed by atoms with E-state index in [4.69, 9.17) is 15.9 Å². The monoisotopic (exact) mass is 428 g/mol. The van der Waals surface area contributed by atoms with Crippen LogP contribution >= 0.6 is 0 Å². The van der Waals surface area contributed by atoms with E-state index in [9.17, 15) is 4.79 Å². The van der Waals surface area contributed by atoms with Gasteiger partial charge in [-0.15, -0.1) is 0 Å². The number of nitrogens with zero attached hydrogens (tertiary/aromatic N) is 1. The van der Waals surface area contributed by atoms with Crippen molar-refractivity contribution >= 4 is 33.6 Å². The highest BCUT2D eigenvalue weighted by Gasteiger charge is 2.25. The summed E-state index contributed by atoms with van der Waals surface area (Å²) >= 11 is 0. The number of esters is 1. The van der Waals surface area contributed by atoms with Crippen molar-refractivity contribution in [2.24, 2.45) is 5.73 Å². The summed E-state index contributed by atoms with van der Waals surface area (Å²) < 4.78 is 7.52. The number of aromatic nitrogens is 1. The zero-order valence-electron chi connectivity index (χ0n) is 18.6. The van der Waals surface area contributed by atoms with Gasteiger partial charge in [0.05, 0.1) is 29.9 Å². The van der Waals surface area contributed by atoms with Crippen LogP contribution in [0.15, 0.2) is 60.7 Å². The number of hydrogen-bond acceptors (Lipinski definition) is 3. The first-order valence-corrected chi connectivity index (χ1v) is 10.8. The maximum Gasteiger partial charge on any atom is 0.340 e. The molecule has 4 rings (SSSR count). The molecule has 6 heteroatoms. The Morgan fingerprint density at radius 2 is 1.84 bits per heavy atom. The van der Waals surface area contributed by atoms with Gasteiger partial charge >= 0.3 is 5.97 Å². The molecule has 164 valence electrons. The molecule has 6 nitrogen and oxygen atoms in total. The van der Waals surface area contributed by atoms with Crippen molar-refractivity contribution in [1.29, 1.82) is 5.41 Å². The van der Waals surface area contributed by atoms with Crippen LogP contribution in [0.3, 0.4) is 0 Å². The highest BCUT2D eigenvalue weighted by atomic mass is 16.5. The predicted molar refractivity (Wildman–Crippen MR) is 130 cm³/mol. The lowest BCUT2D eigenvalue weighted by molar-refractivity contribution is 0.0527. The van der Waals surface area contributed by atoms with Crippen molar-refractivity contribution in [2.75, 3.05) is 6.61 Å². The Balaban J connectivity index is 1.98. The molecule has 0 aliphatic rings. The Kier molecular flexibility index (Phi) is 5.86. The summed E-state index contributed by atoms with van der Waals surface area (Å²) in [7, 11) is 0.